The van der Waals surface area contributed by atoms with Gasteiger partial charge in [-0.2, -0.15) is 0 Å². The Bertz CT molecular complexity index is 635. The van der Waals surface area contributed by atoms with Crippen LogP contribution in [0.3, 0.4) is 0 Å². The van der Waals surface area contributed by atoms with Crippen molar-refractivity contribution in [3.05, 3.63) is 17.9 Å². The number of furan rings is 1. The van der Waals surface area contributed by atoms with Crippen LogP contribution in [-0.4, -0.2) is 75.1 Å². The minimum absolute atomic E-state index is 0.0147. The van der Waals surface area contributed by atoms with E-state index in [2.05, 4.69) is 9.62 Å². The molecule has 8 nitrogen and oxygen atoms in total. The number of amides is 1. The smallest absolute Gasteiger partial charge is 0.289 e. The third-order valence-corrected chi connectivity index (χ3v) is 5.21. The zero-order chi connectivity index (χ0) is 17.0. The van der Waals surface area contributed by atoms with Gasteiger partial charge in [-0.05, 0) is 25.6 Å². The normalized spacial score (nSPS) is 18.1. The minimum Gasteiger partial charge on any atom is -0.438 e. The summed E-state index contributed by atoms with van der Waals surface area (Å²) in [6.07, 6.45) is 0.352. The van der Waals surface area contributed by atoms with Crippen LogP contribution >= 0.6 is 0 Å². The van der Waals surface area contributed by atoms with Crippen molar-refractivity contribution in [2.75, 3.05) is 39.8 Å². The SMILES string of the molecule is CCC(O)CN1CCN(C(=O)c2ccc(S(=O)(=O)NC)o2)CC1. The molecule has 1 fully saturated rings. The van der Waals surface area contributed by atoms with E-state index in [1.54, 1.807) is 4.90 Å². The Kier molecular flexibility index (Phi) is 5.79. The molecule has 1 aromatic rings. The summed E-state index contributed by atoms with van der Waals surface area (Å²) in [5.41, 5.74) is 0. The lowest BCUT2D eigenvalue weighted by atomic mass is 10.2. The summed E-state index contributed by atoms with van der Waals surface area (Å²) in [7, 11) is -2.41. The highest BCUT2D eigenvalue weighted by atomic mass is 32.2. The predicted molar refractivity (Wildman–Crippen MR) is 83.6 cm³/mol. The Labute approximate surface area is 136 Å². The number of sulfonamides is 1. The molecule has 1 unspecified atom stereocenters. The summed E-state index contributed by atoms with van der Waals surface area (Å²) >= 11 is 0. The molecule has 2 heterocycles. The standard InChI is InChI=1S/C14H23N3O5S/c1-3-11(18)10-16-6-8-17(9-7-16)14(19)12-4-5-13(22-12)23(20,21)15-2/h4-5,11,15,18H,3,6-10H2,1-2H3. The molecule has 2 rings (SSSR count). The fraction of sp³-hybridized carbons (Fsp3) is 0.643. The molecule has 1 saturated heterocycles. The molecule has 0 aliphatic carbocycles. The van der Waals surface area contributed by atoms with Gasteiger partial charge in [0.25, 0.3) is 15.9 Å². The number of hydrogen-bond donors (Lipinski definition) is 2. The third-order valence-electron chi connectivity index (χ3n) is 3.93. The maximum atomic E-state index is 12.4. The molecular weight excluding hydrogens is 322 g/mol. The van der Waals surface area contributed by atoms with E-state index in [9.17, 15) is 18.3 Å². The van der Waals surface area contributed by atoms with Gasteiger partial charge in [0.1, 0.15) is 0 Å². The number of nitrogens with zero attached hydrogens (tertiary/aromatic N) is 2. The van der Waals surface area contributed by atoms with Crippen LogP contribution in [0, 0.1) is 0 Å². The van der Waals surface area contributed by atoms with Crippen molar-refractivity contribution in [2.24, 2.45) is 0 Å². The molecule has 1 aromatic heterocycles. The molecule has 0 spiro atoms. The molecule has 23 heavy (non-hydrogen) atoms. The fourth-order valence-electron chi connectivity index (χ4n) is 2.40. The number of β-amino-alcohol motifs (C(OH)–C–C–N with tert-alkyl or cyclic N) is 1. The molecule has 130 valence electrons. The van der Waals surface area contributed by atoms with Crippen molar-refractivity contribution in [3.8, 4) is 0 Å². The van der Waals surface area contributed by atoms with Crippen LogP contribution in [0.4, 0.5) is 0 Å². The van der Waals surface area contributed by atoms with E-state index >= 15 is 0 Å². The summed E-state index contributed by atoms with van der Waals surface area (Å²) in [5, 5.41) is 9.40. The lowest BCUT2D eigenvalue weighted by Crippen LogP contribution is -2.50. The van der Waals surface area contributed by atoms with E-state index < -0.39 is 10.0 Å². The molecule has 1 aliphatic heterocycles. The molecule has 9 heteroatoms. The molecule has 0 bridgehead atoms. The van der Waals surface area contributed by atoms with Crippen LogP contribution in [0.15, 0.2) is 21.6 Å². The van der Waals surface area contributed by atoms with Crippen LogP contribution in [0.5, 0.6) is 0 Å². The average Bonchev–Trinajstić information content (AvgIpc) is 3.05. The second-order valence-electron chi connectivity index (χ2n) is 5.48. The molecular formula is C14H23N3O5S. The first-order valence-corrected chi connectivity index (χ1v) is 9.08. The van der Waals surface area contributed by atoms with Crippen molar-refractivity contribution in [2.45, 2.75) is 24.5 Å². The monoisotopic (exact) mass is 345 g/mol. The van der Waals surface area contributed by atoms with Crippen molar-refractivity contribution < 1.29 is 22.7 Å². The summed E-state index contributed by atoms with van der Waals surface area (Å²) < 4.78 is 30.6. The maximum absolute atomic E-state index is 12.4. The average molecular weight is 345 g/mol. The zero-order valence-electron chi connectivity index (χ0n) is 13.4. The summed E-state index contributed by atoms with van der Waals surface area (Å²) in [5.74, 6) is -0.306. The first-order chi connectivity index (χ1) is 10.9. The number of carbonyl (C=O) groups excluding carboxylic acids is 1. The Morgan fingerprint density at radius 2 is 2.00 bits per heavy atom. The van der Waals surface area contributed by atoms with E-state index in [0.717, 1.165) is 0 Å². The lowest BCUT2D eigenvalue weighted by Gasteiger charge is -2.35. The Hall–Kier alpha value is -1.42. The number of piperazine rings is 1. The second kappa shape index (κ2) is 7.43. The van der Waals surface area contributed by atoms with Crippen molar-refractivity contribution >= 4 is 15.9 Å². The molecule has 0 aromatic carbocycles. The molecule has 1 aliphatic rings. The predicted octanol–water partition coefficient (Wildman–Crippen LogP) is -0.284. The third kappa shape index (κ3) is 4.31. The van der Waals surface area contributed by atoms with Gasteiger partial charge in [0.2, 0.25) is 5.09 Å². The Morgan fingerprint density at radius 3 is 2.57 bits per heavy atom. The fourth-order valence-corrected chi connectivity index (χ4v) is 3.04. The quantitative estimate of drug-likeness (QED) is 0.735. The van der Waals surface area contributed by atoms with E-state index in [0.29, 0.717) is 39.1 Å². The topological polar surface area (TPSA) is 103 Å². The number of nitrogens with one attached hydrogen (secondary N) is 1. The number of carbonyl (C=O) groups is 1. The summed E-state index contributed by atoms with van der Waals surface area (Å²) in [4.78, 5) is 16.1. The maximum Gasteiger partial charge on any atom is 0.289 e. The van der Waals surface area contributed by atoms with E-state index in [-0.39, 0.29) is 22.9 Å². The summed E-state index contributed by atoms with van der Waals surface area (Å²) in [6.45, 7) is 4.91. The molecule has 0 radical (unpaired) electrons. The van der Waals surface area contributed by atoms with Gasteiger partial charge in [-0.15, -0.1) is 0 Å². The first kappa shape index (κ1) is 17.9. The van der Waals surface area contributed by atoms with Crippen molar-refractivity contribution in [1.29, 1.82) is 0 Å². The molecule has 1 amide bonds. The lowest BCUT2D eigenvalue weighted by molar-refractivity contribution is 0.0496. The van der Waals surface area contributed by atoms with E-state index in [1.165, 1.54) is 19.2 Å². The molecule has 2 N–H and O–H groups in total. The highest BCUT2D eigenvalue weighted by molar-refractivity contribution is 7.89. The van der Waals surface area contributed by atoms with Crippen LogP contribution in [0.1, 0.15) is 23.9 Å². The van der Waals surface area contributed by atoms with Gasteiger partial charge in [-0.1, -0.05) is 6.92 Å². The summed E-state index contributed by atoms with van der Waals surface area (Å²) in [6, 6.07) is 2.65. The number of hydrogen-bond acceptors (Lipinski definition) is 6. The van der Waals surface area contributed by atoms with Gasteiger partial charge >= 0.3 is 0 Å². The van der Waals surface area contributed by atoms with Crippen LogP contribution in [0.2, 0.25) is 0 Å². The molecule has 0 saturated carbocycles. The van der Waals surface area contributed by atoms with Crippen molar-refractivity contribution in [3.63, 3.8) is 0 Å². The minimum atomic E-state index is -3.69. The van der Waals surface area contributed by atoms with Crippen molar-refractivity contribution in [1.82, 2.24) is 14.5 Å². The van der Waals surface area contributed by atoms with Crippen LogP contribution < -0.4 is 4.72 Å². The number of aliphatic hydroxyl groups excluding tert-OH is 1. The van der Waals surface area contributed by atoms with E-state index in [1.807, 2.05) is 6.92 Å². The zero-order valence-corrected chi connectivity index (χ0v) is 14.2. The van der Waals surface area contributed by atoms with Gasteiger partial charge in [0, 0.05) is 32.7 Å². The Balaban J connectivity index is 1.95. The highest BCUT2D eigenvalue weighted by Gasteiger charge is 2.26. The number of rotatable bonds is 6. The van der Waals surface area contributed by atoms with Gasteiger partial charge in [0.15, 0.2) is 5.76 Å². The van der Waals surface area contributed by atoms with Crippen LogP contribution in [-0.2, 0) is 10.0 Å². The second-order valence-corrected chi connectivity index (χ2v) is 7.30. The van der Waals surface area contributed by atoms with Gasteiger partial charge in [-0.3, -0.25) is 9.69 Å². The highest BCUT2D eigenvalue weighted by Crippen LogP contribution is 2.16. The largest absolute Gasteiger partial charge is 0.438 e. The van der Waals surface area contributed by atoms with Gasteiger partial charge in [-0.25, -0.2) is 13.1 Å². The van der Waals surface area contributed by atoms with Crippen LogP contribution in [0.25, 0.3) is 0 Å². The molecule has 1 atom stereocenters. The van der Waals surface area contributed by atoms with E-state index in [4.69, 9.17) is 4.42 Å². The number of aliphatic hydroxyl groups is 1. The Morgan fingerprint density at radius 1 is 1.35 bits per heavy atom. The first-order valence-electron chi connectivity index (χ1n) is 7.60. The van der Waals surface area contributed by atoms with Gasteiger partial charge < -0.3 is 14.4 Å². The van der Waals surface area contributed by atoms with Gasteiger partial charge in [0.05, 0.1) is 6.10 Å².